The first-order chi connectivity index (χ1) is 7.16. The maximum atomic E-state index is 9.74. The molecule has 1 atom stereocenters. The number of nitrogens with one attached hydrogen (secondary N) is 1. The van der Waals surface area contributed by atoms with Crippen LogP contribution >= 0.6 is 0 Å². The van der Waals surface area contributed by atoms with Crippen LogP contribution in [0.4, 0.5) is 0 Å². The molecule has 1 unspecified atom stereocenters. The summed E-state index contributed by atoms with van der Waals surface area (Å²) in [5.41, 5.74) is -0.116. The van der Waals surface area contributed by atoms with Gasteiger partial charge in [-0.05, 0) is 38.6 Å². The van der Waals surface area contributed by atoms with Gasteiger partial charge < -0.3 is 10.4 Å². The maximum absolute atomic E-state index is 9.74. The Balaban J connectivity index is 3.65. The molecule has 0 fully saturated rings. The largest absolute Gasteiger partial charge is 0.392 e. The molecule has 94 valence electrons. The van der Waals surface area contributed by atoms with Gasteiger partial charge in [0.1, 0.15) is 0 Å². The van der Waals surface area contributed by atoms with E-state index in [2.05, 4.69) is 32.2 Å². The summed E-state index contributed by atoms with van der Waals surface area (Å²) in [4.78, 5) is 0. The first kappa shape index (κ1) is 15.4. The molecule has 0 amide bonds. The molecule has 0 heterocycles. The molecule has 0 aliphatic carbocycles. The Morgan fingerprint density at radius 1 is 1.25 bits per heavy atom. The summed E-state index contributed by atoms with van der Waals surface area (Å²) in [6.07, 6.45) is 1.30. The van der Waals surface area contributed by atoms with Crippen LogP contribution in [0.5, 0.6) is 0 Å². The zero-order valence-corrected chi connectivity index (χ0v) is 11.3. The number of aliphatic hydroxyl groups is 1. The van der Waals surface area contributed by atoms with Gasteiger partial charge in [-0.3, -0.25) is 0 Å². The van der Waals surface area contributed by atoms with E-state index in [1.54, 1.807) is 0 Å². The highest BCUT2D eigenvalue weighted by atomic mass is 16.3. The minimum atomic E-state index is -0.301. The van der Waals surface area contributed by atoms with Gasteiger partial charge in [-0.15, -0.1) is 0 Å². The van der Waals surface area contributed by atoms with Crippen LogP contribution < -0.4 is 5.32 Å². The quantitative estimate of drug-likeness (QED) is 0.683. The zero-order chi connectivity index (χ0) is 12.8. The maximum Gasteiger partial charge on any atom is 0.0684 e. The zero-order valence-electron chi connectivity index (χ0n) is 11.3. The van der Waals surface area contributed by atoms with Crippen LogP contribution in [0.3, 0.4) is 0 Å². The highest BCUT2D eigenvalue weighted by Crippen LogP contribution is 2.20. The van der Waals surface area contributed by atoms with E-state index in [1.165, 1.54) is 0 Å². The average Bonchev–Trinajstić information content (AvgIpc) is 2.10. The van der Waals surface area contributed by atoms with Crippen LogP contribution in [0.1, 0.15) is 47.5 Å². The molecule has 3 heteroatoms. The molecular formula is C13H26N2O. The van der Waals surface area contributed by atoms with Crippen LogP contribution in [0.25, 0.3) is 0 Å². The number of nitrogens with zero attached hydrogens (tertiary/aromatic N) is 1. The van der Waals surface area contributed by atoms with E-state index in [-0.39, 0.29) is 16.9 Å². The normalized spacial score (nSPS) is 14.6. The molecular weight excluding hydrogens is 200 g/mol. The van der Waals surface area contributed by atoms with Crippen molar-refractivity contribution in [2.24, 2.45) is 10.8 Å². The summed E-state index contributed by atoms with van der Waals surface area (Å²) < 4.78 is 0. The van der Waals surface area contributed by atoms with Crippen molar-refractivity contribution in [1.82, 2.24) is 5.32 Å². The monoisotopic (exact) mass is 226 g/mol. The van der Waals surface area contributed by atoms with Gasteiger partial charge in [0.15, 0.2) is 0 Å². The van der Waals surface area contributed by atoms with E-state index < -0.39 is 0 Å². The van der Waals surface area contributed by atoms with Gasteiger partial charge in [0.2, 0.25) is 0 Å². The summed E-state index contributed by atoms with van der Waals surface area (Å²) in [6.45, 7) is 11.6. The van der Waals surface area contributed by atoms with Gasteiger partial charge in [-0.25, -0.2) is 0 Å². The topological polar surface area (TPSA) is 56.0 Å². The summed E-state index contributed by atoms with van der Waals surface area (Å²) in [7, 11) is 0. The van der Waals surface area contributed by atoms with Crippen LogP contribution in [-0.4, -0.2) is 24.3 Å². The molecule has 0 rings (SSSR count). The third-order valence-electron chi connectivity index (χ3n) is 2.46. The van der Waals surface area contributed by atoms with Crippen molar-refractivity contribution in [1.29, 1.82) is 5.26 Å². The average molecular weight is 226 g/mol. The molecule has 16 heavy (non-hydrogen) atoms. The Kier molecular flexibility index (Phi) is 5.99. The fourth-order valence-corrected chi connectivity index (χ4v) is 1.50. The van der Waals surface area contributed by atoms with Crippen LogP contribution in [0.15, 0.2) is 0 Å². The summed E-state index contributed by atoms with van der Waals surface area (Å²) in [6, 6.07) is 2.27. The van der Waals surface area contributed by atoms with Crippen LogP contribution in [-0.2, 0) is 0 Å². The second-order valence-electron chi connectivity index (χ2n) is 6.37. The molecule has 0 saturated carbocycles. The standard InChI is InChI=1S/C13H26N2O/c1-12(2,3)8-11(16)9-15-7-6-13(4,5)10-14/h11,15-16H,6-9H2,1-5H3. The van der Waals surface area contributed by atoms with E-state index in [4.69, 9.17) is 5.26 Å². The van der Waals surface area contributed by atoms with Crippen molar-refractivity contribution < 1.29 is 5.11 Å². The minimum Gasteiger partial charge on any atom is -0.392 e. The van der Waals surface area contributed by atoms with Gasteiger partial charge >= 0.3 is 0 Å². The Hall–Kier alpha value is -0.590. The van der Waals surface area contributed by atoms with Gasteiger partial charge in [0.25, 0.3) is 0 Å². The lowest BCUT2D eigenvalue weighted by Crippen LogP contribution is -2.32. The molecule has 0 aromatic heterocycles. The molecule has 0 aromatic carbocycles. The van der Waals surface area contributed by atoms with Gasteiger partial charge in [0.05, 0.1) is 17.6 Å². The number of hydrogen-bond donors (Lipinski definition) is 2. The van der Waals surface area contributed by atoms with Crippen LogP contribution in [0.2, 0.25) is 0 Å². The van der Waals surface area contributed by atoms with Crippen LogP contribution in [0, 0.1) is 22.2 Å². The Morgan fingerprint density at radius 2 is 1.81 bits per heavy atom. The molecule has 0 aromatic rings. The van der Waals surface area contributed by atoms with E-state index in [0.29, 0.717) is 6.54 Å². The van der Waals surface area contributed by atoms with Crippen molar-refractivity contribution >= 4 is 0 Å². The lowest BCUT2D eigenvalue weighted by atomic mass is 9.89. The fourth-order valence-electron chi connectivity index (χ4n) is 1.50. The van der Waals surface area contributed by atoms with Crippen molar-refractivity contribution in [3.8, 4) is 6.07 Å². The van der Waals surface area contributed by atoms with Crippen molar-refractivity contribution in [2.75, 3.05) is 13.1 Å². The third-order valence-corrected chi connectivity index (χ3v) is 2.46. The fraction of sp³-hybridized carbons (Fsp3) is 0.923. The Labute approximate surface area is 99.9 Å². The van der Waals surface area contributed by atoms with Crippen molar-refractivity contribution in [3.05, 3.63) is 0 Å². The molecule has 0 bridgehead atoms. The highest BCUT2D eigenvalue weighted by Gasteiger charge is 2.18. The highest BCUT2D eigenvalue weighted by molar-refractivity contribution is 4.91. The van der Waals surface area contributed by atoms with Gasteiger partial charge in [0, 0.05) is 6.54 Å². The van der Waals surface area contributed by atoms with Gasteiger partial charge in [-0.2, -0.15) is 5.26 Å². The second-order valence-corrected chi connectivity index (χ2v) is 6.37. The number of rotatable bonds is 6. The van der Waals surface area contributed by atoms with Crippen molar-refractivity contribution in [2.45, 2.75) is 53.6 Å². The van der Waals surface area contributed by atoms with E-state index >= 15 is 0 Å². The van der Waals surface area contributed by atoms with Crippen molar-refractivity contribution in [3.63, 3.8) is 0 Å². The van der Waals surface area contributed by atoms with E-state index in [1.807, 2.05) is 13.8 Å². The first-order valence-corrected chi connectivity index (χ1v) is 5.96. The number of hydrogen-bond acceptors (Lipinski definition) is 3. The first-order valence-electron chi connectivity index (χ1n) is 5.96. The molecule has 0 spiro atoms. The third kappa shape index (κ3) is 8.70. The molecule has 2 N–H and O–H groups in total. The predicted octanol–water partition coefficient (Wildman–Crippen LogP) is 2.31. The van der Waals surface area contributed by atoms with E-state index in [9.17, 15) is 5.11 Å². The molecule has 0 saturated heterocycles. The SMILES string of the molecule is CC(C)(C)CC(O)CNCCC(C)(C)C#N. The molecule has 0 aliphatic rings. The lowest BCUT2D eigenvalue weighted by molar-refractivity contribution is 0.119. The predicted molar refractivity (Wildman–Crippen MR) is 67.0 cm³/mol. The van der Waals surface area contributed by atoms with Gasteiger partial charge in [-0.1, -0.05) is 20.8 Å². The summed E-state index contributed by atoms with van der Waals surface area (Å²) >= 11 is 0. The molecule has 3 nitrogen and oxygen atoms in total. The lowest BCUT2D eigenvalue weighted by Gasteiger charge is -2.23. The number of nitriles is 1. The summed E-state index contributed by atoms with van der Waals surface area (Å²) in [5, 5.41) is 21.8. The van der Waals surface area contributed by atoms with E-state index in [0.717, 1.165) is 19.4 Å². The summed E-state index contributed by atoms with van der Waals surface area (Å²) in [5.74, 6) is 0. The number of aliphatic hydroxyl groups excluding tert-OH is 1. The second kappa shape index (κ2) is 6.22. The molecule has 0 radical (unpaired) electrons. The Bertz CT molecular complexity index is 235. The Morgan fingerprint density at radius 3 is 2.25 bits per heavy atom. The minimum absolute atomic E-state index is 0.160. The molecule has 0 aliphatic heterocycles. The smallest absolute Gasteiger partial charge is 0.0684 e.